The molecular formula is C11H17ClF3N3. The molecule has 1 N–H and O–H groups in total. The Balaban J connectivity index is 3.00. The molecule has 18 heavy (non-hydrogen) atoms. The fourth-order valence-electron chi connectivity index (χ4n) is 1.81. The van der Waals surface area contributed by atoms with E-state index in [4.69, 9.17) is 11.6 Å². The maximum absolute atomic E-state index is 12.8. The molecule has 0 radical (unpaired) electrons. The summed E-state index contributed by atoms with van der Waals surface area (Å²) >= 11 is 6.01. The Morgan fingerprint density at radius 3 is 2.44 bits per heavy atom. The van der Waals surface area contributed by atoms with Crippen LogP contribution in [0.1, 0.15) is 25.2 Å². The molecule has 1 aromatic rings. The van der Waals surface area contributed by atoms with Gasteiger partial charge in [-0.05, 0) is 20.4 Å². The van der Waals surface area contributed by atoms with Gasteiger partial charge >= 0.3 is 6.18 Å². The Morgan fingerprint density at radius 2 is 2.00 bits per heavy atom. The summed E-state index contributed by atoms with van der Waals surface area (Å²) in [5, 5.41) is 6.87. The zero-order valence-corrected chi connectivity index (χ0v) is 11.4. The van der Waals surface area contributed by atoms with Crippen LogP contribution >= 0.6 is 11.6 Å². The van der Waals surface area contributed by atoms with Crippen molar-refractivity contribution < 1.29 is 13.2 Å². The first-order chi connectivity index (χ1) is 8.31. The molecule has 0 spiro atoms. The monoisotopic (exact) mass is 283 g/mol. The molecule has 0 saturated heterocycles. The van der Waals surface area contributed by atoms with Crippen LogP contribution in [-0.4, -0.2) is 28.5 Å². The maximum Gasteiger partial charge on any atom is 0.404 e. The topological polar surface area (TPSA) is 29.9 Å². The zero-order chi connectivity index (χ0) is 13.9. The lowest BCUT2D eigenvalue weighted by molar-refractivity contribution is -0.155. The van der Waals surface area contributed by atoms with Crippen molar-refractivity contribution in [2.24, 2.45) is 0 Å². The summed E-state index contributed by atoms with van der Waals surface area (Å²) in [6.45, 7) is 5.90. The summed E-state index contributed by atoms with van der Waals surface area (Å²) in [5.74, 6) is 0. The molecule has 3 nitrogen and oxygen atoms in total. The second kappa shape index (κ2) is 5.93. The number of hydrogen-bond acceptors (Lipinski definition) is 2. The van der Waals surface area contributed by atoms with Gasteiger partial charge in [-0.2, -0.15) is 18.3 Å². The highest BCUT2D eigenvalue weighted by atomic mass is 35.5. The molecule has 0 amide bonds. The Labute approximate surface area is 109 Å². The van der Waals surface area contributed by atoms with E-state index in [1.807, 2.05) is 6.92 Å². The summed E-state index contributed by atoms with van der Waals surface area (Å²) < 4.78 is 40.0. The van der Waals surface area contributed by atoms with E-state index >= 15 is 0 Å². The number of hydrogen-bond donors (Lipinski definition) is 1. The maximum atomic E-state index is 12.8. The number of halogens is 4. The van der Waals surface area contributed by atoms with Crippen LogP contribution in [0.2, 0.25) is 5.02 Å². The molecule has 0 aliphatic carbocycles. The van der Waals surface area contributed by atoms with Crippen LogP contribution < -0.4 is 5.32 Å². The molecule has 0 fully saturated rings. The minimum atomic E-state index is -4.30. The Bertz CT molecular complexity index is 401. The predicted octanol–water partition coefficient (Wildman–Crippen LogP) is 2.95. The quantitative estimate of drug-likeness (QED) is 0.900. The summed E-state index contributed by atoms with van der Waals surface area (Å²) in [6, 6.07) is -1.60. The Morgan fingerprint density at radius 1 is 1.39 bits per heavy atom. The SMILES string of the molecule is CCNC(Cc1c(Cl)c(C)nn1CC)C(F)(F)F. The van der Waals surface area contributed by atoms with Gasteiger partial charge < -0.3 is 5.32 Å². The lowest BCUT2D eigenvalue weighted by Crippen LogP contribution is -2.44. The molecule has 1 rings (SSSR count). The van der Waals surface area contributed by atoms with E-state index in [1.165, 1.54) is 4.68 Å². The molecule has 7 heteroatoms. The lowest BCUT2D eigenvalue weighted by atomic mass is 10.1. The standard InChI is InChI=1S/C11H17ClF3N3/c1-4-16-9(11(13,14)15)6-8-10(12)7(3)17-18(8)5-2/h9,16H,4-6H2,1-3H3. The third-order valence-electron chi connectivity index (χ3n) is 2.70. The number of aromatic nitrogens is 2. The Hall–Kier alpha value is -0.750. The van der Waals surface area contributed by atoms with E-state index in [0.29, 0.717) is 23.0 Å². The van der Waals surface area contributed by atoms with Crippen LogP contribution in [-0.2, 0) is 13.0 Å². The summed E-state index contributed by atoms with van der Waals surface area (Å²) in [6.07, 6.45) is -4.50. The van der Waals surface area contributed by atoms with Gasteiger partial charge in [-0.25, -0.2) is 0 Å². The predicted molar refractivity (Wildman–Crippen MR) is 64.9 cm³/mol. The zero-order valence-electron chi connectivity index (χ0n) is 10.6. The minimum Gasteiger partial charge on any atom is -0.306 e. The fourth-order valence-corrected chi connectivity index (χ4v) is 2.02. The van der Waals surface area contributed by atoms with Crippen LogP contribution in [0.5, 0.6) is 0 Å². The summed E-state index contributed by atoms with van der Waals surface area (Å²) in [4.78, 5) is 0. The van der Waals surface area contributed by atoms with Crippen molar-refractivity contribution in [2.75, 3.05) is 6.54 Å². The van der Waals surface area contributed by atoms with Crippen molar-refractivity contribution in [1.29, 1.82) is 0 Å². The minimum absolute atomic E-state index is 0.204. The normalized spacial score (nSPS) is 13.9. The van der Waals surface area contributed by atoms with E-state index in [0.717, 1.165) is 0 Å². The van der Waals surface area contributed by atoms with Crippen molar-refractivity contribution in [3.05, 3.63) is 16.4 Å². The molecule has 0 bridgehead atoms. The number of likely N-dealkylation sites (N-methyl/N-ethyl adjacent to an activating group) is 1. The first kappa shape index (κ1) is 15.3. The molecule has 104 valence electrons. The van der Waals surface area contributed by atoms with E-state index in [-0.39, 0.29) is 13.0 Å². The first-order valence-corrected chi connectivity index (χ1v) is 6.20. The van der Waals surface area contributed by atoms with E-state index in [1.54, 1.807) is 13.8 Å². The third-order valence-corrected chi connectivity index (χ3v) is 3.19. The van der Waals surface area contributed by atoms with Gasteiger partial charge in [0.15, 0.2) is 0 Å². The third kappa shape index (κ3) is 3.38. The molecule has 1 atom stereocenters. The number of rotatable bonds is 5. The van der Waals surface area contributed by atoms with Crippen molar-refractivity contribution >= 4 is 11.6 Å². The molecule has 1 heterocycles. The summed E-state index contributed by atoms with van der Waals surface area (Å²) in [5.41, 5.74) is 0.992. The fraction of sp³-hybridized carbons (Fsp3) is 0.727. The van der Waals surface area contributed by atoms with Crippen LogP contribution in [0.4, 0.5) is 13.2 Å². The van der Waals surface area contributed by atoms with Crippen molar-refractivity contribution in [3.63, 3.8) is 0 Å². The molecule has 0 saturated carbocycles. The molecule has 0 aromatic carbocycles. The molecule has 1 aromatic heterocycles. The Kier molecular flexibility index (Phi) is 5.04. The van der Waals surface area contributed by atoms with Gasteiger partial charge in [0.05, 0.1) is 16.4 Å². The van der Waals surface area contributed by atoms with E-state index in [9.17, 15) is 13.2 Å². The van der Waals surface area contributed by atoms with Crippen LogP contribution in [0.25, 0.3) is 0 Å². The van der Waals surface area contributed by atoms with Crippen LogP contribution in [0.15, 0.2) is 0 Å². The number of aryl methyl sites for hydroxylation is 2. The van der Waals surface area contributed by atoms with E-state index < -0.39 is 12.2 Å². The van der Waals surface area contributed by atoms with Gasteiger partial charge in [0.2, 0.25) is 0 Å². The van der Waals surface area contributed by atoms with Gasteiger partial charge in [0.25, 0.3) is 0 Å². The number of alkyl halides is 3. The van der Waals surface area contributed by atoms with Crippen LogP contribution in [0.3, 0.4) is 0 Å². The van der Waals surface area contributed by atoms with Gasteiger partial charge in [0, 0.05) is 13.0 Å². The highest BCUT2D eigenvalue weighted by molar-refractivity contribution is 6.31. The largest absolute Gasteiger partial charge is 0.404 e. The van der Waals surface area contributed by atoms with Gasteiger partial charge in [-0.15, -0.1) is 0 Å². The number of nitrogens with one attached hydrogen (secondary N) is 1. The van der Waals surface area contributed by atoms with E-state index in [2.05, 4.69) is 10.4 Å². The second-order valence-electron chi connectivity index (χ2n) is 4.02. The highest BCUT2D eigenvalue weighted by Crippen LogP contribution is 2.27. The highest BCUT2D eigenvalue weighted by Gasteiger charge is 2.40. The van der Waals surface area contributed by atoms with Gasteiger partial charge in [-0.1, -0.05) is 18.5 Å². The molecule has 1 unspecified atom stereocenters. The first-order valence-electron chi connectivity index (χ1n) is 5.83. The molecular weight excluding hydrogens is 267 g/mol. The van der Waals surface area contributed by atoms with Gasteiger partial charge in [0.1, 0.15) is 6.04 Å². The number of nitrogens with zero attached hydrogens (tertiary/aromatic N) is 2. The second-order valence-corrected chi connectivity index (χ2v) is 4.40. The van der Waals surface area contributed by atoms with Gasteiger partial charge in [-0.3, -0.25) is 4.68 Å². The molecule has 0 aliphatic heterocycles. The average Bonchev–Trinajstić information content (AvgIpc) is 2.54. The van der Waals surface area contributed by atoms with Crippen LogP contribution in [0, 0.1) is 6.92 Å². The molecule has 0 aliphatic rings. The van der Waals surface area contributed by atoms with Crippen molar-refractivity contribution in [1.82, 2.24) is 15.1 Å². The van der Waals surface area contributed by atoms with Crippen molar-refractivity contribution in [3.8, 4) is 0 Å². The average molecular weight is 284 g/mol. The van der Waals surface area contributed by atoms with Crippen molar-refractivity contribution in [2.45, 2.75) is 46.0 Å². The lowest BCUT2D eigenvalue weighted by Gasteiger charge is -2.21. The summed E-state index contributed by atoms with van der Waals surface area (Å²) in [7, 11) is 0. The smallest absolute Gasteiger partial charge is 0.306 e.